The van der Waals surface area contributed by atoms with Crippen molar-refractivity contribution in [2.45, 2.75) is 19.9 Å². The van der Waals surface area contributed by atoms with Crippen LogP contribution in [0.15, 0.2) is 18.3 Å². The smallest absolute Gasteiger partial charge is 0.272 e. The van der Waals surface area contributed by atoms with Gasteiger partial charge in [-0.25, -0.2) is 9.97 Å². The monoisotopic (exact) mass is 286 g/mol. The summed E-state index contributed by atoms with van der Waals surface area (Å²) in [5, 5.41) is 7.07. The predicted molar refractivity (Wildman–Crippen MR) is 78.2 cm³/mol. The van der Waals surface area contributed by atoms with Crippen molar-refractivity contribution in [1.82, 2.24) is 25.1 Å². The Kier molecular flexibility index (Phi) is 3.32. The third-order valence-corrected chi connectivity index (χ3v) is 3.44. The number of nitrogens with zero attached hydrogens (tertiary/aromatic N) is 5. The van der Waals surface area contributed by atoms with Crippen molar-refractivity contribution in [2.24, 2.45) is 7.05 Å². The molecule has 0 atom stereocenters. The first kappa shape index (κ1) is 13.5. The molecule has 0 aromatic carbocycles. The van der Waals surface area contributed by atoms with E-state index in [1.165, 1.54) is 0 Å². The van der Waals surface area contributed by atoms with Crippen LogP contribution in [-0.4, -0.2) is 44.8 Å². The van der Waals surface area contributed by atoms with Crippen molar-refractivity contribution in [3.05, 3.63) is 35.5 Å². The van der Waals surface area contributed by atoms with E-state index < -0.39 is 0 Å². The van der Waals surface area contributed by atoms with Crippen LogP contribution in [0.1, 0.15) is 22.0 Å². The fraction of sp³-hybridized carbons (Fsp3) is 0.429. The fourth-order valence-electron chi connectivity index (χ4n) is 2.41. The van der Waals surface area contributed by atoms with Crippen LogP contribution >= 0.6 is 0 Å². The maximum atomic E-state index is 12.0. The van der Waals surface area contributed by atoms with Crippen molar-refractivity contribution in [2.75, 3.05) is 18.0 Å². The van der Waals surface area contributed by atoms with Gasteiger partial charge in [-0.15, -0.1) is 0 Å². The molecule has 0 radical (unpaired) electrons. The van der Waals surface area contributed by atoms with Gasteiger partial charge in [0.25, 0.3) is 5.91 Å². The van der Waals surface area contributed by atoms with E-state index >= 15 is 0 Å². The molecule has 110 valence electrons. The maximum absolute atomic E-state index is 12.0. The molecular formula is C14H18N6O. The maximum Gasteiger partial charge on any atom is 0.272 e. The van der Waals surface area contributed by atoms with Crippen LogP contribution < -0.4 is 10.2 Å². The van der Waals surface area contributed by atoms with E-state index in [9.17, 15) is 4.79 Å². The van der Waals surface area contributed by atoms with Crippen LogP contribution in [0.4, 0.5) is 5.82 Å². The SMILES string of the molecule is Cc1cc(N2CC(NC(=O)c3ccn(C)n3)C2)nc(C)n1. The lowest BCUT2D eigenvalue weighted by Gasteiger charge is -2.40. The number of aromatic nitrogens is 4. The summed E-state index contributed by atoms with van der Waals surface area (Å²) < 4.78 is 1.62. The second kappa shape index (κ2) is 5.16. The number of carbonyl (C=O) groups excluding carboxylic acids is 1. The molecule has 1 fully saturated rings. The van der Waals surface area contributed by atoms with E-state index in [4.69, 9.17) is 0 Å². The number of hydrogen-bond donors (Lipinski definition) is 1. The number of hydrogen-bond acceptors (Lipinski definition) is 5. The van der Waals surface area contributed by atoms with Crippen molar-refractivity contribution in [3.8, 4) is 0 Å². The summed E-state index contributed by atoms with van der Waals surface area (Å²) in [5.41, 5.74) is 1.41. The molecule has 3 heterocycles. The lowest BCUT2D eigenvalue weighted by atomic mass is 10.1. The summed E-state index contributed by atoms with van der Waals surface area (Å²) in [5.74, 6) is 1.56. The molecule has 0 unspecified atom stereocenters. The lowest BCUT2D eigenvalue weighted by Crippen LogP contribution is -2.59. The van der Waals surface area contributed by atoms with Crippen molar-refractivity contribution >= 4 is 11.7 Å². The summed E-state index contributed by atoms with van der Waals surface area (Å²) in [6.07, 6.45) is 1.76. The van der Waals surface area contributed by atoms with Gasteiger partial charge in [-0.05, 0) is 19.9 Å². The highest BCUT2D eigenvalue weighted by Gasteiger charge is 2.30. The Labute approximate surface area is 123 Å². The van der Waals surface area contributed by atoms with Gasteiger partial charge in [0.05, 0.1) is 6.04 Å². The number of rotatable bonds is 3. The molecule has 0 bridgehead atoms. The molecule has 1 saturated heterocycles. The normalized spacial score (nSPS) is 14.9. The highest BCUT2D eigenvalue weighted by Crippen LogP contribution is 2.19. The summed E-state index contributed by atoms with van der Waals surface area (Å²) in [6.45, 7) is 5.36. The number of carbonyl (C=O) groups is 1. The minimum Gasteiger partial charge on any atom is -0.352 e. The molecule has 0 aliphatic carbocycles. The number of anilines is 1. The van der Waals surface area contributed by atoms with Crippen LogP contribution in [0.3, 0.4) is 0 Å². The van der Waals surface area contributed by atoms with Gasteiger partial charge < -0.3 is 10.2 Å². The van der Waals surface area contributed by atoms with Crippen molar-refractivity contribution in [3.63, 3.8) is 0 Å². The molecule has 1 N–H and O–H groups in total. The predicted octanol–water partition coefficient (Wildman–Crippen LogP) is 0.446. The van der Waals surface area contributed by atoms with E-state index in [0.29, 0.717) is 5.69 Å². The molecular weight excluding hydrogens is 268 g/mol. The molecule has 3 rings (SSSR count). The average Bonchev–Trinajstić information content (AvgIpc) is 2.78. The first-order valence-corrected chi connectivity index (χ1v) is 6.89. The molecule has 0 saturated carbocycles. The van der Waals surface area contributed by atoms with Crippen LogP contribution in [0.5, 0.6) is 0 Å². The third kappa shape index (κ3) is 2.86. The standard InChI is InChI=1S/C14H18N6O/c1-9-6-13(16-10(2)15-9)20-7-11(8-20)17-14(21)12-4-5-19(3)18-12/h4-6,11H,7-8H2,1-3H3,(H,17,21). The number of amides is 1. The minimum absolute atomic E-state index is 0.129. The topological polar surface area (TPSA) is 75.9 Å². The quantitative estimate of drug-likeness (QED) is 0.886. The average molecular weight is 286 g/mol. The van der Waals surface area contributed by atoms with E-state index in [-0.39, 0.29) is 11.9 Å². The Morgan fingerprint density at radius 3 is 2.71 bits per heavy atom. The second-order valence-electron chi connectivity index (χ2n) is 5.36. The van der Waals surface area contributed by atoms with Gasteiger partial charge in [0, 0.05) is 38.1 Å². The first-order valence-electron chi connectivity index (χ1n) is 6.89. The molecule has 0 spiro atoms. The van der Waals surface area contributed by atoms with Crippen molar-refractivity contribution in [1.29, 1.82) is 0 Å². The van der Waals surface area contributed by atoms with Crippen molar-refractivity contribution < 1.29 is 4.79 Å². The van der Waals surface area contributed by atoms with Gasteiger partial charge in [-0.2, -0.15) is 5.10 Å². The Balaban J connectivity index is 1.57. The van der Waals surface area contributed by atoms with Crippen LogP contribution in [0.25, 0.3) is 0 Å². The summed E-state index contributed by atoms with van der Waals surface area (Å²) in [7, 11) is 1.79. The van der Waals surface area contributed by atoms with Gasteiger partial charge >= 0.3 is 0 Å². The summed E-state index contributed by atoms with van der Waals surface area (Å²) >= 11 is 0. The van der Waals surface area contributed by atoms with Gasteiger partial charge in [0.1, 0.15) is 17.3 Å². The number of nitrogens with one attached hydrogen (secondary N) is 1. The van der Waals surface area contributed by atoms with E-state index in [2.05, 4.69) is 25.3 Å². The van der Waals surface area contributed by atoms with E-state index in [1.54, 1.807) is 24.0 Å². The molecule has 7 nitrogen and oxygen atoms in total. The van der Waals surface area contributed by atoms with Crippen LogP contribution in [0.2, 0.25) is 0 Å². The van der Waals surface area contributed by atoms with Crippen LogP contribution in [0, 0.1) is 13.8 Å². The Hall–Kier alpha value is -2.44. The van der Waals surface area contributed by atoms with Gasteiger partial charge in [-0.3, -0.25) is 9.48 Å². The molecule has 2 aromatic rings. The molecule has 7 heteroatoms. The summed E-state index contributed by atoms with van der Waals surface area (Å²) in [4.78, 5) is 22.8. The third-order valence-electron chi connectivity index (χ3n) is 3.44. The fourth-order valence-corrected chi connectivity index (χ4v) is 2.41. The Morgan fingerprint density at radius 1 is 1.33 bits per heavy atom. The Bertz CT molecular complexity index is 654. The first-order chi connectivity index (χ1) is 10.0. The molecule has 1 amide bonds. The molecule has 2 aromatic heterocycles. The van der Waals surface area contributed by atoms with E-state index in [0.717, 1.165) is 30.4 Å². The zero-order valence-corrected chi connectivity index (χ0v) is 12.4. The highest BCUT2D eigenvalue weighted by molar-refractivity contribution is 5.92. The highest BCUT2D eigenvalue weighted by atomic mass is 16.2. The van der Waals surface area contributed by atoms with Gasteiger partial charge in [-0.1, -0.05) is 0 Å². The zero-order chi connectivity index (χ0) is 15.0. The lowest BCUT2D eigenvalue weighted by molar-refractivity contribution is 0.0924. The van der Waals surface area contributed by atoms with E-state index in [1.807, 2.05) is 19.9 Å². The van der Waals surface area contributed by atoms with Gasteiger partial charge in [0.15, 0.2) is 0 Å². The number of aryl methyl sites for hydroxylation is 3. The minimum atomic E-state index is -0.129. The Morgan fingerprint density at radius 2 is 2.10 bits per heavy atom. The molecule has 21 heavy (non-hydrogen) atoms. The molecule has 1 aliphatic rings. The van der Waals surface area contributed by atoms with Gasteiger partial charge in [0.2, 0.25) is 0 Å². The molecule has 1 aliphatic heterocycles. The zero-order valence-electron chi connectivity index (χ0n) is 12.4. The van der Waals surface area contributed by atoms with Crippen LogP contribution in [-0.2, 0) is 7.05 Å². The summed E-state index contributed by atoms with van der Waals surface area (Å²) in [6, 6.07) is 3.81. The largest absolute Gasteiger partial charge is 0.352 e. The second-order valence-corrected chi connectivity index (χ2v) is 5.36.